The van der Waals surface area contributed by atoms with Gasteiger partial charge in [-0.15, -0.1) is 0 Å². The van der Waals surface area contributed by atoms with Crippen LogP contribution in [0.15, 0.2) is 0 Å². The van der Waals surface area contributed by atoms with Crippen LogP contribution in [0.25, 0.3) is 0 Å². The van der Waals surface area contributed by atoms with Gasteiger partial charge in [0.1, 0.15) is 0 Å². The van der Waals surface area contributed by atoms with Gasteiger partial charge in [0.2, 0.25) is 0 Å². The van der Waals surface area contributed by atoms with Crippen molar-refractivity contribution in [2.24, 2.45) is 0 Å². The van der Waals surface area contributed by atoms with Crippen molar-refractivity contribution in [3.63, 3.8) is 0 Å². The van der Waals surface area contributed by atoms with Crippen molar-refractivity contribution in [3.05, 3.63) is 0 Å². The molecular weight excluding hydrogens is 281 g/mol. The summed E-state index contributed by atoms with van der Waals surface area (Å²) in [7, 11) is -9.28. The van der Waals surface area contributed by atoms with Crippen LogP contribution in [0.4, 0.5) is 0 Å². The Bertz CT molecular complexity index is 216. The van der Waals surface area contributed by atoms with Crippen LogP contribution in [0.3, 0.4) is 0 Å². The van der Waals surface area contributed by atoms with Gasteiger partial charge < -0.3 is 34.5 Å². The van der Waals surface area contributed by atoms with E-state index in [9.17, 15) is 4.79 Å². The Kier molecular flexibility index (Phi) is 19.4. The van der Waals surface area contributed by atoms with E-state index in [0.717, 1.165) is 0 Å². The maximum absolute atomic E-state index is 9.37. The van der Waals surface area contributed by atoms with E-state index >= 15 is 0 Å². The van der Waals surface area contributed by atoms with Gasteiger partial charge in [-0.3, -0.25) is 4.79 Å². The number of rotatable bonds is 1. The zero-order valence-corrected chi connectivity index (χ0v) is 9.25. The fourth-order valence-corrected chi connectivity index (χ4v) is 0. The predicted octanol–water partition coefficient (Wildman–Crippen LogP) is -2.02. The van der Waals surface area contributed by atoms with Gasteiger partial charge >= 0.3 is 51.2 Å². The van der Waals surface area contributed by atoms with Crippen molar-refractivity contribution < 1.29 is 48.4 Å². The molecule has 16 heavy (non-hydrogen) atoms. The van der Waals surface area contributed by atoms with E-state index in [1.807, 2.05) is 0 Å². The molecule has 0 fully saturated rings. The van der Waals surface area contributed by atoms with Gasteiger partial charge in [0.15, 0.2) is 0 Å². The van der Waals surface area contributed by atoms with E-state index in [4.69, 9.17) is 43.6 Å². The topological polar surface area (TPSA) is 193 Å². The second-order valence-corrected chi connectivity index (χ2v) is 3.83. The number of phosphoric acid groups is 2. The summed E-state index contributed by atoms with van der Waals surface area (Å²) in [4.78, 5) is 52.5. The van der Waals surface area contributed by atoms with E-state index in [2.05, 4.69) is 0 Å². The summed E-state index contributed by atoms with van der Waals surface area (Å²) in [6.07, 6.45) is 0.222. The first-order valence-electron chi connectivity index (χ1n) is 3.05. The van der Waals surface area contributed by atoms with Gasteiger partial charge in [-0.05, 0) is 0 Å². The van der Waals surface area contributed by atoms with Crippen molar-refractivity contribution in [1.82, 2.24) is 0 Å². The van der Waals surface area contributed by atoms with Gasteiger partial charge in [0.05, 0.1) is 0 Å². The van der Waals surface area contributed by atoms with Gasteiger partial charge in [-0.25, -0.2) is 9.13 Å². The van der Waals surface area contributed by atoms with E-state index in [1.165, 1.54) is 0 Å². The standard InChI is InChI=1S/C3H6O2.Na.2H3O4P.H/c1-2-3(4)5;;2*1-5(2,3)4;/h2H2,1H3,(H,4,5);;2*(H3,1,2,3,4);. The van der Waals surface area contributed by atoms with Gasteiger partial charge in [-0.2, -0.15) is 0 Å². The molecule has 96 valence electrons. The quantitative estimate of drug-likeness (QED) is 0.209. The molecule has 0 heterocycles. The second-order valence-electron chi connectivity index (χ2n) is 1.77. The predicted molar refractivity (Wildman–Crippen MR) is 53.6 cm³/mol. The first kappa shape index (κ1) is 25.5. The SMILES string of the molecule is CCC(=O)O.O=P(O)(O)O.O=P(O)(O)O.[NaH]. The fraction of sp³-hybridized carbons (Fsp3) is 0.667. The van der Waals surface area contributed by atoms with Crippen LogP contribution in [0.1, 0.15) is 13.3 Å². The average molecular weight is 294 g/mol. The summed E-state index contributed by atoms with van der Waals surface area (Å²) in [5.41, 5.74) is 0. The van der Waals surface area contributed by atoms with E-state index in [-0.39, 0.29) is 36.0 Å². The molecule has 0 amide bonds. The van der Waals surface area contributed by atoms with E-state index < -0.39 is 21.6 Å². The van der Waals surface area contributed by atoms with Crippen LogP contribution in [-0.4, -0.2) is 70.0 Å². The number of hydrogen-bond acceptors (Lipinski definition) is 3. The molecule has 0 unspecified atom stereocenters. The molecule has 0 saturated carbocycles. The van der Waals surface area contributed by atoms with Gasteiger partial charge in [-0.1, -0.05) is 6.92 Å². The van der Waals surface area contributed by atoms with Crippen molar-refractivity contribution in [2.45, 2.75) is 13.3 Å². The monoisotopic (exact) mass is 294 g/mol. The number of carbonyl (C=O) groups is 1. The Balaban J connectivity index is -0.0000000655. The third-order valence-electron chi connectivity index (χ3n) is 0.302. The summed E-state index contributed by atoms with van der Waals surface area (Å²) >= 11 is 0. The van der Waals surface area contributed by atoms with Crippen LogP contribution in [0.2, 0.25) is 0 Å². The minimum atomic E-state index is -4.64. The average Bonchev–Trinajstić information content (AvgIpc) is 1.79. The molecular formula is C3H13NaO10P2. The summed E-state index contributed by atoms with van der Waals surface area (Å²) in [5.74, 6) is -0.745. The number of carboxylic acids is 1. The number of aliphatic carboxylic acids is 1. The van der Waals surface area contributed by atoms with Gasteiger partial charge in [0.25, 0.3) is 0 Å². The van der Waals surface area contributed by atoms with Crippen LogP contribution >= 0.6 is 15.6 Å². The van der Waals surface area contributed by atoms with E-state index in [0.29, 0.717) is 0 Å². The first-order chi connectivity index (χ1) is 6.27. The number of hydrogen-bond donors (Lipinski definition) is 7. The summed E-state index contributed by atoms with van der Waals surface area (Å²) in [6, 6.07) is 0. The molecule has 0 atom stereocenters. The Hall–Kier alpha value is 0.690. The molecule has 7 N–H and O–H groups in total. The minimum absolute atomic E-state index is 0. The Morgan fingerprint density at radius 3 is 1.00 bits per heavy atom. The van der Waals surface area contributed by atoms with Crippen molar-refractivity contribution in [1.29, 1.82) is 0 Å². The normalized spacial score (nSPS) is 9.69. The molecule has 0 saturated heterocycles. The second kappa shape index (κ2) is 12.2. The zero-order valence-electron chi connectivity index (χ0n) is 7.46. The molecule has 0 aliphatic rings. The molecule has 13 heteroatoms. The molecule has 10 nitrogen and oxygen atoms in total. The summed E-state index contributed by atoms with van der Waals surface area (Å²) < 4.78 is 17.8. The van der Waals surface area contributed by atoms with Crippen LogP contribution in [-0.2, 0) is 13.9 Å². The van der Waals surface area contributed by atoms with E-state index in [1.54, 1.807) is 6.92 Å². The molecule has 0 rings (SSSR count). The van der Waals surface area contributed by atoms with Crippen molar-refractivity contribution >= 4 is 51.2 Å². The third-order valence-corrected chi connectivity index (χ3v) is 0.302. The molecule has 0 radical (unpaired) electrons. The third kappa shape index (κ3) is 380. The van der Waals surface area contributed by atoms with Crippen molar-refractivity contribution in [2.75, 3.05) is 0 Å². The molecule has 0 bridgehead atoms. The van der Waals surface area contributed by atoms with Crippen molar-refractivity contribution in [3.8, 4) is 0 Å². The molecule has 0 aromatic heterocycles. The number of carboxylic acid groups (broad SMARTS) is 1. The Morgan fingerprint density at radius 1 is 0.938 bits per heavy atom. The molecule has 0 aromatic carbocycles. The Labute approximate surface area is 113 Å². The van der Waals surface area contributed by atoms with Gasteiger partial charge in [0, 0.05) is 6.42 Å². The van der Waals surface area contributed by atoms with Crippen LogP contribution in [0, 0.1) is 0 Å². The first-order valence-corrected chi connectivity index (χ1v) is 6.18. The maximum atomic E-state index is 9.37. The fourth-order valence-electron chi connectivity index (χ4n) is 0. The molecule has 0 aromatic rings. The summed E-state index contributed by atoms with van der Waals surface area (Å²) in [5, 5.41) is 7.72. The molecule has 0 aliphatic carbocycles. The van der Waals surface area contributed by atoms with Crippen LogP contribution < -0.4 is 0 Å². The molecule has 0 spiro atoms. The zero-order chi connectivity index (χ0) is 13.3. The summed E-state index contributed by atoms with van der Waals surface area (Å²) in [6.45, 7) is 1.60. The molecule has 0 aliphatic heterocycles. The Morgan fingerprint density at radius 2 is 1.00 bits per heavy atom. The van der Waals surface area contributed by atoms with Crippen LogP contribution in [0.5, 0.6) is 0 Å².